The molecule has 20 heavy (non-hydrogen) atoms. The maximum Gasteiger partial charge on any atom is 0.306 e. The highest BCUT2D eigenvalue weighted by atomic mass is 35.5. The zero-order valence-electron chi connectivity index (χ0n) is 11.1. The zero-order valence-corrected chi connectivity index (χ0v) is 11.9. The number of nitriles is 1. The fraction of sp³-hybridized carbons (Fsp3) is 0.467. The van der Waals surface area contributed by atoms with Gasteiger partial charge in [0.25, 0.3) is 0 Å². The van der Waals surface area contributed by atoms with Gasteiger partial charge >= 0.3 is 5.97 Å². The predicted octanol–water partition coefficient (Wildman–Crippen LogP) is 2.94. The van der Waals surface area contributed by atoms with Crippen LogP contribution >= 0.6 is 11.6 Å². The van der Waals surface area contributed by atoms with Gasteiger partial charge in [0.2, 0.25) is 0 Å². The minimum Gasteiger partial charge on any atom is -0.481 e. The topological polar surface area (TPSA) is 73.1 Å². The molecular formula is C15H17ClN2O2. The Morgan fingerprint density at radius 3 is 2.95 bits per heavy atom. The summed E-state index contributed by atoms with van der Waals surface area (Å²) in [5, 5.41) is 21.8. The number of nitrogens with one attached hydrogen (secondary N) is 1. The number of aliphatic carboxylic acids is 1. The van der Waals surface area contributed by atoms with Gasteiger partial charge in [-0.25, -0.2) is 0 Å². The van der Waals surface area contributed by atoms with Crippen LogP contribution in [0.4, 0.5) is 0 Å². The number of carboxylic acid groups (broad SMARTS) is 1. The van der Waals surface area contributed by atoms with Crippen LogP contribution in [0.25, 0.3) is 0 Å². The summed E-state index contributed by atoms with van der Waals surface area (Å²) < 4.78 is 0. The molecule has 1 aromatic carbocycles. The molecule has 0 radical (unpaired) electrons. The highest BCUT2D eigenvalue weighted by Crippen LogP contribution is 2.25. The minimum atomic E-state index is -0.701. The molecule has 5 heteroatoms. The molecule has 106 valence electrons. The average molecular weight is 293 g/mol. The number of benzene rings is 1. The van der Waals surface area contributed by atoms with Gasteiger partial charge in [-0.05, 0) is 37.0 Å². The molecule has 1 fully saturated rings. The van der Waals surface area contributed by atoms with Crippen LogP contribution in [-0.4, -0.2) is 17.1 Å². The molecule has 0 aliphatic heterocycles. The third kappa shape index (κ3) is 3.72. The Labute approximate surface area is 123 Å². The van der Waals surface area contributed by atoms with Crippen LogP contribution in [0.2, 0.25) is 5.02 Å². The van der Waals surface area contributed by atoms with Gasteiger partial charge in [0.05, 0.1) is 17.6 Å². The second-order valence-electron chi connectivity index (χ2n) is 5.20. The van der Waals surface area contributed by atoms with Crippen LogP contribution in [0, 0.1) is 17.2 Å². The van der Waals surface area contributed by atoms with E-state index < -0.39 is 5.97 Å². The first-order valence-corrected chi connectivity index (χ1v) is 7.12. The Bertz CT molecular complexity index is 539. The first-order valence-electron chi connectivity index (χ1n) is 6.75. The van der Waals surface area contributed by atoms with Crippen LogP contribution < -0.4 is 5.32 Å². The minimum absolute atomic E-state index is 0.219. The van der Waals surface area contributed by atoms with Crippen molar-refractivity contribution in [3.05, 3.63) is 34.3 Å². The number of rotatable bonds is 4. The van der Waals surface area contributed by atoms with Gasteiger partial charge in [0, 0.05) is 17.6 Å². The standard InChI is InChI=1S/C15H17ClN2O2/c16-14-6-10(8-17)4-5-12(14)9-18-13-3-1-2-11(7-13)15(19)20/h4-6,11,13,18H,1-3,7,9H2,(H,19,20). The second kappa shape index (κ2) is 6.74. The Hall–Kier alpha value is -1.57. The van der Waals surface area contributed by atoms with E-state index in [0.29, 0.717) is 23.6 Å². The predicted molar refractivity (Wildman–Crippen MR) is 76.4 cm³/mol. The van der Waals surface area contributed by atoms with E-state index >= 15 is 0 Å². The van der Waals surface area contributed by atoms with Gasteiger partial charge in [-0.1, -0.05) is 24.1 Å². The Balaban J connectivity index is 1.92. The lowest BCUT2D eigenvalue weighted by Crippen LogP contribution is -2.36. The van der Waals surface area contributed by atoms with E-state index in [1.165, 1.54) is 0 Å². The van der Waals surface area contributed by atoms with Crippen LogP contribution in [0.1, 0.15) is 36.8 Å². The summed E-state index contributed by atoms with van der Waals surface area (Å²) in [6.45, 7) is 0.599. The quantitative estimate of drug-likeness (QED) is 0.895. The number of hydrogen-bond acceptors (Lipinski definition) is 3. The van der Waals surface area contributed by atoms with Gasteiger partial charge in [0.15, 0.2) is 0 Å². The van der Waals surface area contributed by atoms with Gasteiger partial charge in [-0.3, -0.25) is 4.79 Å². The molecule has 1 aliphatic carbocycles. The molecule has 0 bridgehead atoms. The number of nitrogens with zero attached hydrogens (tertiary/aromatic N) is 1. The molecule has 0 heterocycles. The molecule has 1 aliphatic rings. The maximum absolute atomic E-state index is 11.0. The van der Waals surface area contributed by atoms with Crippen LogP contribution in [0.5, 0.6) is 0 Å². The summed E-state index contributed by atoms with van der Waals surface area (Å²) in [7, 11) is 0. The largest absolute Gasteiger partial charge is 0.481 e. The first kappa shape index (κ1) is 14.8. The van der Waals surface area contributed by atoms with E-state index in [1.807, 2.05) is 12.1 Å². The summed E-state index contributed by atoms with van der Waals surface area (Å²) in [6, 6.07) is 7.50. The second-order valence-corrected chi connectivity index (χ2v) is 5.60. The summed E-state index contributed by atoms with van der Waals surface area (Å²) in [4.78, 5) is 11.0. The number of carboxylic acids is 1. The average Bonchev–Trinajstić information content (AvgIpc) is 2.46. The Morgan fingerprint density at radius 2 is 2.30 bits per heavy atom. The molecule has 4 nitrogen and oxygen atoms in total. The molecule has 0 amide bonds. The van der Waals surface area contributed by atoms with Crippen molar-refractivity contribution >= 4 is 17.6 Å². The fourth-order valence-electron chi connectivity index (χ4n) is 2.61. The van der Waals surface area contributed by atoms with Crippen molar-refractivity contribution in [2.45, 2.75) is 38.3 Å². The fourth-order valence-corrected chi connectivity index (χ4v) is 2.86. The van der Waals surface area contributed by atoms with Crippen LogP contribution in [0.15, 0.2) is 18.2 Å². The van der Waals surface area contributed by atoms with Crippen LogP contribution in [-0.2, 0) is 11.3 Å². The monoisotopic (exact) mass is 292 g/mol. The Kier molecular flexibility index (Phi) is 4.99. The van der Waals surface area contributed by atoms with Crippen LogP contribution in [0.3, 0.4) is 0 Å². The molecule has 0 aromatic heterocycles. The number of halogens is 1. The van der Waals surface area contributed by atoms with E-state index in [9.17, 15) is 4.79 Å². The molecule has 2 rings (SSSR count). The van der Waals surface area contributed by atoms with Crippen molar-refractivity contribution in [2.75, 3.05) is 0 Å². The van der Waals surface area contributed by atoms with Crippen molar-refractivity contribution in [3.8, 4) is 6.07 Å². The van der Waals surface area contributed by atoms with E-state index in [-0.39, 0.29) is 12.0 Å². The lowest BCUT2D eigenvalue weighted by molar-refractivity contribution is -0.143. The van der Waals surface area contributed by atoms with Crippen molar-refractivity contribution in [3.63, 3.8) is 0 Å². The highest BCUT2D eigenvalue weighted by molar-refractivity contribution is 6.31. The van der Waals surface area contributed by atoms with Crippen molar-refractivity contribution in [2.24, 2.45) is 5.92 Å². The highest BCUT2D eigenvalue weighted by Gasteiger charge is 2.26. The molecule has 2 atom stereocenters. The number of carbonyl (C=O) groups is 1. The van der Waals surface area contributed by atoms with Crippen molar-refractivity contribution < 1.29 is 9.90 Å². The van der Waals surface area contributed by atoms with Gasteiger partial charge in [-0.2, -0.15) is 5.26 Å². The SMILES string of the molecule is N#Cc1ccc(CNC2CCCC(C(=O)O)C2)c(Cl)c1. The lowest BCUT2D eigenvalue weighted by atomic mass is 9.86. The summed E-state index contributed by atoms with van der Waals surface area (Å²) in [6.07, 6.45) is 3.38. The van der Waals surface area contributed by atoms with Gasteiger partial charge < -0.3 is 10.4 Å². The molecular weight excluding hydrogens is 276 g/mol. The van der Waals surface area contributed by atoms with E-state index in [0.717, 1.165) is 24.8 Å². The molecule has 0 spiro atoms. The van der Waals surface area contributed by atoms with E-state index in [1.54, 1.807) is 12.1 Å². The Morgan fingerprint density at radius 1 is 1.50 bits per heavy atom. The normalized spacial score (nSPS) is 22.2. The smallest absolute Gasteiger partial charge is 0.306 e. The summed E-state index contributed by atoms with van der Waals surface area (Å²) >= 11 is 6.12. The lowest BCUT2D eigenvalue weighted by Gasteiger charge is -2.27. The van der Waals surface area contributed by atoms with E-state index in [4.69, 9.17) is 22.0 Å². The molecule has 0 saturated heterocycles. The van der Waals surface area contributed by atoms with Crippen molar-refractivity contribution in [1.82, 2.24) is 5.32 Å². The number of hydrogen-bond donors (Lipinski definition) is 2. The first-order chi connectivity index (χ1) is 9.60. The maximum atomic E-state index is 11.0. The summed E-state index contributed by atoms with van der Waals surface area (Å²) in [5.41, 5.74) is 1.48. The van der Waals surface area contributed by atoms with Gasteiger partial charge in [0.1, 0.15) is 0 Å². The zero-order chi connectivity index (χ0) is 14.5. The third-order valence-electron chi connectivity index (χ3n) is 3.79. The van der Waals surface area contributed by atoms with Crippen molar-refractivity contribution in [1.29, 1.82) is 5.26 Å². The van der Waals surface area contributed by atoms with E-state index in [2.05, 4.69) is 5.32 Å². The van der Waals surface area contributed by atoms with Gasteiger partial charge in [-0.15, -0.1) is 0 Å². The third-order valence-corrected chi connectivity index (χ3v) is 4.14. The molecule has 2 N–H and O–H groups in total. The molecule has 1 aromatic rings. The molecule has 1 saturated carbocycles. The molecule has 2 unspecified atom stereocenters. The summed E-state index contributed by atoms with van der Waals surface area (Å²) in [5.74, 6) is -0.939.